The largest absolute Gasteiger partial charge is 0.333 e. The van der Waals surface area contributed by atoms with Gasteiger partial charge in [0.2, 0.25) is 0 Å². The predicted molar refractivity (Wildman–Crippen MR) is 76.5 cm³/mol. The van der Waals surface area contributed by atoms with Gasteiger partial charge >= 0.3 is 6.03 Å². The van der Waals surface area contributed by atoms with E-state index in [1.807, 2.05) is 0 Å². The third kappa shape index (κ3) is 4.97. The second kappa shape index (κ2) is 5.64. The van der Waals surface area contributed by atoms with Crippen LogP contribution in [0, 0.1) is 5.82 Å². The summed E-state index contributed by atoms with van der Waals surface area (Å²) in [5, 5.41) is 2.56. The normalized spacial score (nSPS) is 12.9. The van der Waals surface area contributed by atoms with Gasteiger partial charge in [0.05, 0.1) is 19.3 Å². The second-order valence-corrected chi connectivity index (χ2v) is 8.55. The molecular formula is C11H15Cl2FN2O2S. The lowest BCUT2D eigenvalue weighted by Crippen LogP contribution is -2.48. The van der Waals surface area contributed by atoms with Crippen molar-refractivity contribution in [3.63, 3.8) is 0 Å². The lowest BCUT2D eigenvalue weighted by Gasteiger charge is -2.25. The smallest absolute Gasteiger partial charge is 0.326 e. The van der Waals surface area contributed by atoms with Crippen molar-refractivity contribution in [1.29, 1.82) is 0 Å². The summed E-state index contributed by atoms with van der Waals surface area (Å²) in [6.07, 6.45) is 0. The Bertz CT molecular complexity index is 546. The number of hydrogen-bond acceptors (Lipinski definition) is 2. The molecule has 0 saturated heterocycles. The maximum absolute atomic E-state index is 13.1. The average Bonchev–Trinajstić information content (AvgIpc) is 2.17. The summed E-state index contributed by atoms with van der Waals surface area (Å²) in [4.78, 5) is 11.5. The van der Waals surface area contributed by atoms with Crippen LogP contribution in [0.3, 0.4) is 0 Å². The van der Waals surface area contributed by atoms with Crippen molar-refractivity contribution in [3.8, 4) is 0 Å². The van der Waals surface area contributed by atoms with Crippen molar-refractivity contribution >= 4 is 37.6 Å². The molecule has 0 heterocycles. The zero-order valence-electron chi connectivity index (χ0n) is 10.6. The van der Waals surface area contributed by atoms with Gasteiger partial charge in [-0.25, -0.2) is 13.4 Å². The Morgan fingerprint density at radius 1 is 1.37 bits per heavy atom. The maximum atomic E-state index is 13.1. The molecule has 0 unspecified atom stereocenters. The molecular weight excluding hydrogens is 314 g/mol. The average molecular weight is 329 g/mol. The van der Waals surface area contributed by atoms with Gasteiger partial charge in [-0.1, -0.05) is 11.6 Å². The molecule has 8 heteroatoms. The van der Waals surface area contributed by atoms with Gasteiger partial charge in [0.1, 0.15) is 5.82 Å². The minimum atomic E-state index is -3.81. The minimum Gasteiger partial charge on any atom is -0.333 e. The molecule has 0 fully saturated rings. The van der Waals surface area contributed by atoms with E-state index in [-0.39, 0.29) is 9.92 Å². The first kappa shape index (κ1) is 16.2. The summed E-state index contributed by atoms with van der Waals surface area (Å²) >= 11 is 5.80. The van der Waals surface area contributed by atoms with E-state index in [2.05, 4.69) is 10.0 Å². The van der Waals surface area contributed by atoms with Crippen LogP contribution >= 0.6 is 22.3 Å². The Labute approximate surface area is 121 Å². The van der Waals surface area contributed by atoms with Crippen molar-refractivity contribution in [2.45, 2.75) is 31.2 Å². The number of carbonyl (C=O) groups excluding carboxylic acids is 1. The standard InChI is InChI=1S/C11H15Cl2FN2O2S/c1-11(2,3)15-10(17)16-19(13,18)9-6-7(14)4-5-8(9)12/h4-6,19H,1-3H3,(H2,15,16,17,18). The number of carbonyl (C=O) groups is 1. The van der Waals surface area contributed by atoms with Crippen molar-refractivity contribution in [3.05, 3.63) is 29.0 Å². The van der Waals surface area contributed by atoms with Crippen molar-refractivity contribution in [2.24, 2.45) is 0 Å². The summed E-state index contributed by atoms with van der Waals surface area (Å²) in [7, 11) is 1.98. The highest BCUT2D eigenvalue weighted by molar-refractivity contribution is 8.22. The summed E-state index contributed by atoms with van der Waals surface area (Å²) in [5.41, 5.74) is -0.521. The monoisotopic (exact) mass is 328 g/mol. The van der Waals surface area contributed by atoms with Crippen LogP contribution in [0.25, 0.3) is 0 Å². The van der Waals surface area contributed by atoms with E-state index < -0.39 is 26.7 Å². The number of amides is 2. The van der Waals surface area contributed by atoms with Crippen molar-refractivity contribution in [1.82, 2.24) is 10.0 Å². The number of nitrogens with one attached hydrogen (secondary N) is 2. The molecule has 2 amide bonds. The van der Waals surface area contributed by atoms with Crippen LogP contribution in [-0.2, 0) is 9.33 Å². The van der Waals surface area contributed by atoms with E-state index >= 15 is 0 Å². The van der Waals surface area contributed by atoms with Crippen LogP contribution in [-0.4, -0.2) is 15.8 Å². The van der Waals surface area contributed by atoms with E-state index in [4.69, 9.17) is 22.3 Å². The number of halogens is 3. The molecule has 0 saturated carbocycles. The van der Waals surface area contributed by atoms with Crippen LogP contribution in [0.1, 0.15) is 20.8 Å². The molecule has 4 nitrogen and oxygen atoms in total. The molecule has 0 aliphatic heterocycles. The molecule has 1 aromatic carbocycles. The molecule has 1 rings (SSSR count). The maximum Gasteiger partial charge on any atom is 0.326 e. The van der Waals surface area contributed by atoms with Crippen molar-refractivity contribution < 1.29 is 13.4 Å². The highest BCUT2D eigenvalue weighted by Crippen LogP contribution is 2.29. The molecule has 0 spiro atoms. The predicted octanol–water partition coefficient (Wildman–Crippen LogP) is 3.02. The quantitative estimate of drug-likeness (QED) is 0.577. The van der Waals surface area contributed by atoms with Gasteiger partial charge in [-0.3, -0.25) is 4.72 Å². The number of rotatable bonds is 2. The van der Waals surface area contributed by atoms with E-state index in [0.717, 1.165) is 12.1 Å². The Balaban J connectivity index is 2.96. The molecule has 0 aliphatic carbocycles. The fourth-order valence-corrected chi connectivity index (χ4v) is 3.60. The van der Waals surface area contributed by atoms with Crippen LogP contribution in [0.5, 0.6) is 0 Å². The van der Waals surface area contributed by atoms with Gasteiger partial charge in [0.25, 0.3) is 0 Å². The van der Waals surface area contributed by atoms with Crippen LogP contribution in [0.2, 0.25) is 5.02 Å². The van der Waals surface area contributed by atoms with E-state index in [1.54, 1.807) is 20.8 Å². The zero-order valence-corrected chi connectivity index (χ0v) is 13.0. The number of benzene rings is 1. The van der Waals surface area contributed by atoms with E-state index in [0.29, 0.717) is 0 Å². The Morgan fingerprint density at radius 3 is 2.47 bits per heavy atom. The summed E-state index contributed by atoms with van der Waals surface area (Å²) in [5.74, 6) is -0.640. The number of hydrogen-bond donors (Lipinski definition) is 3. The fourth-order valence-electron chi connectivity index (χ4n) is 1.27. The van der Waals surface area contributed by atoms with Gasteiger partial charge in [0, 0.05) is 5.54 Å². The third-order valence-electron chi connectivity index (χ3n) is 1.95. The number of urea groups is 1. The molecule has 1 aromatic rings. The molecule has 108 valence electrons. The Hall–Kier alpha value is -0.850. The van der Waals surface area contributed by atoms with Gasteiger partial charge in [-0.05, 0) is 49.7 Å². The van der Waals surface area contributed by atoms with Gasteiger partial charge in [0.15, 0.2) is 0 Å². The van der Waals surface area contributed by atoms with Gasteiger partial charge in [-0.15, -0.1) is 0 Å². The first-order valence-electron chi connectivity index (χ1n) is 5.37. The van der Waals surface area contributed by atoms with Crippen molar-refractivity contribution in [2.75, 3.05) is 0 Å². The summed E-state index contributed by atoms with van der Waals surface area (Å²) in [6.45, 7) is 5.25. The third-order valence-corrected chi connectivity index (χ3v) is 4.69. The van der Waals surface area contributed by atoms with E-state index in [1.165, 1.54) is 6.07 Å². The molecule has 0 aliphatic rings. The lowest BCUT2D eigenvalue weighted by atomic mass is 10.1. The molecule has 0 radical (unpaired) electrons. The van der Waals surface area contributed by atoms with E-state index in [9.17, 15) is 13.4 Å². The zero-order chi connectivity index (χ0) is 14.8. The number of thiol groups is 1. The van der Waals surface area contributed by atoms with Crippen LogP contribution < -0.4 is 10.0 Å². The molecule has 0 aromatic heterocycles. The first-order valence-corrected chi connectivity index (χ1v) is 8.36. The van der Waals surface area contributed by atoms with Gasteiger partial charge < -0.3 is 5.32 Å². The molecule has 0 atom stereocenters. The van der Waals surface area contributed by atoms with Crippen LogP contribution in [0.15, 0.2) is 23.1 Å². The minimum absolute atomic E-state index is 0.0239. The highest BCUT2D eigenvalue weighted by atomic mass is 35.7. The molecule has 2 N–H and O–H groups in total. The van der Waals surface area contributed by atoms with Crippen LogP contribution in [0.4, 0.5) is 9.18 Å². The molecule has 19 heavy (non-hydrogen) atoms. The Morgan fingerprint density at radius 2 is 1.95 bits per heavy atom. The lowest BCUT2D eigenvalue weighted by molar-refractivity contribution is 0.237. The first-order chi connectivity index (χ1) is 8.51. The summed E-state index contributed by atoms with van der Waals surface area (Å²) < 4.78 is 27.5. The highest BCUT2D eigenvalue weighted by Gasteiger charge is 2.23. The van der Waals surface area contributed by atoms with Gasteiger partial charge in [-0.2, -0.15) is 0 Å². The summed E-state index contributed by atoms with van der Waals surface area (Å²) in [6, 6.07) is 2.56. The SMILES string of the molecule is CC(C)(C)NC(=O)N[SH](=O)(Cl)c1cc(F)ccc1Cl. The molecule has 0 bridgehead atoms. The second-order valence-electron chi connectivity index (χ2n) is 4.94. The Kier molecular flexibility index (Phi) is 4.81. The fraction of sp³-hybridized carbons (Fsp3) is 0.364. The topological polar surface area (TPSA) is 58.2 Å².